The van der Waals surface area contributed by atoms with Crippen molar-refractivity contribution in [2.45, 2.75) is 12.8 Å². The molecule has 0 aliphatic carbocycles. The zero-order valence-electron chi connectivity index (χ0n) is 14.5. The van der Waals surface area contributed by atoms with Gasteiger partial charge in [-0.05, 0) is 41.7 Å². The molecule has 2 amide bonds. The molecule has 4 heteroatoms. The van der Waals surface area contributed by atoms with E-state index in [0.29, 0.717) is 12.1 Å². The highest BCUT2D eigenvalue weighted by molar-refractivity contribution is 6.00. The zero-order chi connectivity index (χ0) is 18.2. The van der Waals surface area contributed by atoms with Gasteiger partial charge in [0.05, 0.1) is 0 Å². The third-order valence-corrected chi connectivity index (χ3v) is 4.15. The van der Waals surface area contributed by atoms with Gasteiger partial charge in [0.15, 0.2) is 0 Å². The summed E-state index contributed by atoms with van der Waals surface area (Å²) in [7, 11) is 0. The highest BCUT2D eigenvalue weighted by Crippen LogP contribution is 2.20. The monoisotopic (exact) mass is 346 g/mol. The molecule has 3 aromatic carbocycles. The minimum atomic E-state index is -0.295. The van der Waals surface area contributed by atoms with Crippen molar-refractivity contribution in [3.05, 3.63) is 95.6 Å². The van der Waals surface area contributed by atoms with Gasteiger partial charge in [0.2, 0.25) is 0 Å². The van der Waals surface area contributed by atoms with E-state index in [1.165, 1.54) is 5.56 Å². The molecule has 0 unspecified atom stereocenters. The van der Waals surface area contributed by atoms with Crippen molar-refractivity contribution in [2.24, 2.45) is 0 Å². The van der Waals surface area contributed by atoms with Gasteiger partial charge in [-0.25, -0.2) is 4.79 Å². The zero-order valence-corrected chi connectivity index (χ0v) is 14.5. The Kier molecular flexibility index (Phi) is 6.01. The van der Waals surface area contributed by atoms with E-state index in [9.17, 15) is 4.79 Å². The molecule has 0 saturated heterocycles. The molecule has 3 rings (SSSR count). The van der Waals surface area contributed by atoms with Crippen LogP contribution in [0.25, 0.3) is 0 Å². The number of nitrogens with one attached hydrogen (secondary N) is 2. The topological polar surface area (TPSA) is 61.4 Å². The smallest absolute Gasteiger partial charge is 0.323 e. The molecule has 0 atom stereocenters. The number of carbonyl (C=O) groups is 1. The average molecular weight is 346 g/mol. The molecule has 0 aliphatic heterocycles. The molecule has 0 spiro atoms. The molecule has 0 radical (unpaired) electrons. The summed E-state index contributed by atoms with van der Waals surface area (Å²) in [4.78, 5) is 12.5. The predicted molar refractivity (Wildman–Crippen MR) is 106 cm³/mol. The van der Waals surface area contributed by atoms with E-state index in [1.807, 2.05) is 66.7 Å². The van der Waals surface area contributed by atoms with Gasteiger partial charge in [-0.2, -0.15) is 0 Å². The Labute approximate surface area is 153 Å². The van der Waals surface area contributed by atoms with Crippen LogP contribution >= 0.6 is 0 Å². The van der Waals surface area contributed by atoms with Crippen molar-refractivity contribution >= 4 is 17.4 Å². The summed E-state index contributed by atoms with van der Waals surface area (Å²) in [6.07, 6.45) is 1.25. The summed E-state index contributed by atoms with van der Waals surface area (Å²) in [5.74, 6) is 0. The first kappa shape index (κ1) is 17.7. The number of para-hydroxylation sites is 2. The molecule has 3 aromatic rings. The maximum Gasteiger partial charge on any atom is 0.323 e. The quantitative estimate of drug-likeness (QED) is 0.617. The lowest BCUT2D eigenvalue weighted by molar-refractivity contribution is 0.262. The Morgan fingerprint density at radius 3 is 1.92 bits per heavy atom. The summed E-state index contributed by atoms with van der Waals surface area (Å²) in [6.45, 7) is 0.0419. The van der Waals surface area contributed by atoms with E-state index in [-0.39, 0.29) is 12.6 Å². The van der Waals surface area contributed by atoms with Crippen LogP contribution in [0, 0.1) is 0 Å². The molecular formula is C22H22N2O2. The van der Waals surface area contributed by atoms with Crippen LogP contribution in [0.2, 0.25) is 0 Å². The number of carbonyl (C=O) groups excluding carboxylic acids is 1. The largest absolute Gasteiger partial charge is 0.396 e. The number of urea groups is 1. The van der Waals surface area contributed by atoms with Gasteiger partial charge in [0.1, 0.15) is 0 Å². The fourth-order valence-corrected chi connectivity index (χ4v) is 2.87. The molecule has 0 bridgehead atoms. The first-order valence-corrected chi connectivity index (χ1v) is 8.65. The molecule has 0 saturated carbocycles. The minimum absolute atomic E-state index is 0.0419. The van der Waals surface area contributed by atoms with Crippen LogP contribution in [-0.4, -0.2) is 17.7 Å². The lowest BCUT2D eigenvalue weighted by Crippen LogP contribution is -2.21. The molecule has 4 nitrogen and oxygen atoms in total. The van der Waals surface area contributed by atoms with Gasteiger partial charge >= 0.3 is 6.03 Å². The minimum Gasteiger partial charge on any atom is -0.396 e. The SMILES string of the molecule is O=C(Nc1ccccc1CCO)Nc1ccccc1Cc1ccccc1. The third-order valence-electron chi connectivity index (χ3n) is 4.15. The van der Waals surface area contributed by atoms with Crippen LogP contribution in [0.5, 0.6) is 0 Å². The van der Waals surface area contributed by atoms with Gasteiger partial charge in [-0.3, -0.25) is 0 Å². The van der Waals surface area contributed by atoms with Gasteiger partial charge in [0.25, 0.3) is 0 Å². The normalized spacial score (nSPS) is 10.3. The van der Waals surface area contributed by atoms with E-state index >= 15 is 0 Å². The number of hydrogen-bond donors (Lipinski definition) is 3. The van der Waals surface area contributed by atoms with E-state index in [2.05, 4.69) is 22.8 Å². The highest BCUT2D eigenvalue weighted by Gasteiger charge is 2.09. The number of aliphatic hydroxyl groups excluding tert-OH is 1. The van der Waals surface area contributed by atoms with Gasteiger partial charge in [-0.15, -0.1) is 0 Å². The Morgan fingerprint density at radius 1 is 0.731 bits per heavy atom. The predicted octanol–water partition coefficient (Wildman–Crippen LogP) is 4.46. The molecule has 0 aromatic heterocycles. The Hall–Kier alpha value is -3.11. The molecule has 132 valence electrons. The van der Waals surface area contributed by atoms with Crippen molar-refractivity contribution in [3.63, 3.8) is 0 Å². The van der Waals surface area contributed by atoms with Crippen molar-refractivity contribution in [1.29, 1.82) is 0 Å². The number of amides is 2. The van der Waals surface area contributed by atoms with Crippen LogP contribution in [0.15, 0.2) is 78.9 Å². The Bertz CT molecular complexity index is 863. The number of aliphatic hydroxyl groups is 1. The van der Waals surface area contributed by atoms with Crippen LogP contribution in [0.3, 0.4) is 0 Å². The number of rotatable bonds is 6. The van der Waals surface area contributed by atoms with Crippen LogP contribution in [0.1, 0.15) is 16.7 Å². The Morgan fingerprint density at radius 2 is 1.27 bits per heavy atom. The lowest BCUT2D eigenvalue weighted by atomic mass is 10.0. The van der Waals surface area contributed by atoms with E-state index in [1.54, 1.807) is 0 Å². The maximum atomic E-state index is 12.5. The van der Waals surface area contributed by atoms with E-state index in [0.717, 1.165) is 23.2 Å². The highest BCUT2D eigenvalue weighted by atomic mass is 16.3. The molecule has 0 fully saturated rings. The summed E-state index contributed by atoms with van der Waals surface area (Å²) in [6, 6.07) is 25.1. The molecule has 0 heterocycles. The van der Waals surface area contributed by atoms with Gasteiger partial charge in [-0.1, -0.05) is 66.7 Å². The summed E-state index contributed by atoms with van der Waals surface area (Å²) in [5.41, 5.74) is 4.64. The van der Waals surface area contributed by atoms with Gasteiger partial charge in [0, 0.05) is 18.0 Å². The van der Waals surface area contributed by atoms with Crippen LogP contribution < -0.4 is 10.6 Å². The number of benzene rings is 3. The van der Waals surface area contributed by atoms with E-state index < -0.39 is 0 Å². The van der Waals surface area contributed by atoms with Crippen molar-refractivity contribution in [2.75, 3.05) is 17.2 Å². The third kappa shape index (κ3) is 4.71. The second-order valence-electron chi connectivity index (χ2n) is 6.03. The summed E-state index contributed by atoms with van der Waals surface area (Å²) < 4.78 is 0. The van der Waals surface area contributed by atoms with Crippen molar-refractivity contribution in [1.82, 2.24) is 0 Å². The molecular weight excluding hydrogens is 324 g/mol. The second-order valence-corrected chi connectivity index (χ2v) is 6.03. The second kappa shape index (κ2) is 8.83. The molecule has 0 aliphatic rings. The van der Waals surface area contributed by atoms with Crippen LogP contribution in [0.4, 0.5) is 16.2 Å². The standard InChI is InChI=1S/C22H22N2O2/c25-15-14-18-10-4-6-12-20(18)23-22(26)24-21-13-7-5-11-19(21)16-17-8-2-1-3-9-17/h1-13,25H,14-16H2,(H2,23,24,26). The lowest BCUT2D eigenvalue weighted by Gasteiger charge is -2.14. The molecule has 26 heavy (non-hydrogen) atoms. The fourth-order valence-electron chi connectivity index (χ4n) is 2.87. The average Bonchev–Trinajstić information content (AvgIpc) is 2.66. The van der Waals surface area contributed by atoms with Crippen molar-refractivity contribution in [3.8, 4) is 0 Å². The van der Waals surface area contributed by atoms with E-state index in [4.69, 9.17) is 5.11 Å². The maximum absolute atomic E-state index is 12.5. The fraction of sp³-hybridized carbons (Fsp3) is 0.136. The first-order chi connectivity index (χ1) is 12.8. The summed E-state index contributed by atoms with van der Waals surface area (Å²) >= 11 is 0. The molecule has 3 N–H and O–H groups in total. The number of hydrogen-bond acceptors (Lipinski definition) is 2. The summed E-state index contributed by atoms with van der Waals surface area (Å²) in [5, 5.41) is 15.0. The van der Waals surface area contributed by atoms with Crippen molar-refractivity contribution < 1.29 is 9.90 Å². The number of anilines is 2. The van der Waals surface area contributed by atoms with Gasteiger partial charge < -0.3 is 15.7 Å². The van der Waals surface area contributed by atoms with Crippen LogP contribution in [-0.2, 0) is 12.8 Å². The Balaban J connectivity index is 1.72. The first-order valence-electron chi connectivity index (χ1n) is 8.65.